The van der Waals surface area contributed by atoms with E-state index in [1.807, 2.05) is 37.3 Å². The van der Waals surface area contributed by atoms with Crippen molar-refractivity contribution in [2.24, 2.45) is 0 Å². The molecule has 210 valence electrons. The first kappa shape index (κ1) is 30.5. The van der Waals surface area contributed by atoms with Gasteiger partial charge in [-0.2, -0.15) is 8.42 Å². The molecule has 0 aliphatic heterocycles. The highest BCUT2D eigenvalue weighted by atomic mass is 32.2. The quantitative estimate of drug-likeness (QED) is 0.191. The van der Waals surface area contributed by atoms with Crippen LogP contribution in [0.25, 0.3) is 5.57 Å². The maximum Gasteiger partial charge on any atom is 0.339 e. The molecule has 0 atom stereocenters. The number of aliphatic hydroxyl groups is 1. The molecule has 3 aromatic rings. The Morgan fingerprint density at radius 2 is 1.59 bits per heavy atom. The molecule has 1 N–H and O–H groups in total. The fraction of sp³-hybridized carbons (Fsp3) is 0.355. The molecule has 0 spiro atoms. The number of rotatable bonds is 11. The Balaban J connectivity index is 2.21. The van der Waals surface area contributed by atoms with Gasteiger partial charge in [0.2, 0.25) is 0 Å². The van der Waals surface area contributed by atoms with Gasteiger partial charge in [-0.25, -0.2) is 0 Å². The summed E-state index contributed by atoms with van der Waals surface area (Å²) in [6.07, 6.45) is 0.277. The second-order valence-electron chi connectivity index (χ2n) is 11.3. The van der Waals surface area contributed by atoms with Gasteiger partial charge in [-0.1, -0.05) is 75.4 Å². The first-order valence-electron chi connectivity index (χ1n) is 13.0. The minimum Gasteiger partial charge on any atom is -0.541 e. The van der Waals surface area contributed by atoms with Crippen LogP contribution >= 0.6 is 0 Å². The summed E-state index contributed by atoms with van der Waals surface area (Å²) in [4.78, 5) is 0.0524. The van der Waals surface area contributed by atoms with Crippen LogP contribution < -0.4 is 13.3 Å². The van der Waals surface area contributed by atoms with Crippen molar-refractivity contribution < 1.29 is 26.9 Å². The molecule has 0 aromatic heterocycles. The standard InChI is InChI=1S/C31H40O6SSi/c1-22-14-16-26(17-15-22)38(33,34)36-28-20-27(23(2)18-19-32)30(37-39(7,8)31(4,5)6)29(24(28)3)35-21-25-12-10-9-11-13-25/h9-17,20,32H,2,18-19,21H2,1,3-8H3. The summed E-state index contributed by atoms with van der Waals surface area (Å²) in [5, 5.41) is 9.59. The largest absolute Gasteiger partial charge is 0.541 e. The van der Waals surface area contributed by atoms with Gasteiger partial charge < -0.3 is 18.5 Å². The monoisotopic (exact) mass is 568 g/mol. The lowest BCUT2D eigenvalue weighted by Gasteiger charge is -2.38. The van der Waals surface area contributed by atoms with Gasteiger partial charge in [0, 0.05) is 17.7 Å². The number of ether oxygens (including phenoxy) is 1. The first-order chi connectivity index (χ1) is 18.2. The molecule has 8 heteroatoms. The Morgan fingerprint density at radius 3 is 2.15 bits per heavy atom. The van der Waals surface area contributed by atoms with Gasteiger partial charge in [-0.3, -0.25) is 0 Å². The number of benzene rings is 3. The number of aryl methyl sites for hydroxylation is 1. The highest BCUT2D eigenvalue weighted by Crippen LogP contribution is 2.48. The summed E-state index contributed by atoms with van der Waals surface area (Å²) in [6, 6.07) is 17.8. The third kappa shape index (κ3) is 7.32. The molecule has 0 aliphatic carbocycles. The minimum absolute atomic E-state index is 0.0524. The van der Waals surface area contributed by atoms with E-state index in [1.54, 1.807) is 25.1 Å². The van der Waals surface area contributed by atoms with E-state index in [0.717, 1.165) is 11.1 Å². The molecule has 0 amide bonds. The molecule has 0 saturated heterocycles. The molecule has 0 radical (unpaired) electrons. The zero-order chi connectivity index (χ0) is 29.0. The van der Waals surface area contributed by atoms with Crippen LogP contribution in [-0.4, -0.2) is 28.4 Å². The molecule has 0 heterocycles. The van der Waals surface area contributed by atoms with E-state index in [1.165, 1.54) is 12.1 Å². The summed E-state index contributed by atoms with van der Waals surface area (Å²) in [6.45, 7) is 18.6. The van der Waals surface area contributed by atoms with Gasteiger partial charge >= 0.3 is 10.1 Å². The normalized spacial score (nSPS) is 12.2. The molecule has 0 bridgehead atoms. The molecule has 3 aromatic carbocycles. The van der Waals surface area contributed by atoms with E-state index in [4.69, 9.17) is 13.3 Å². The van der Waals surface area contributed by atoms with E-state index in [9.17, 15) is 13.5 Å². The van der Waals surface area contributed by atoms with Crippen molar-refractivity contribution in [3.63, 3.8) is 0 Å². The van der Waals surface area contributed by atoms with Gasteiger partial charge in [0.05, 0.1) is 0 Å². The third-order valence-corrected chi connectivity index (χ3v) is 12.7. The van der Waals surface area contributed by atoms with Gasteiger partial charge in [-0.15, -0.1) is 0 Å². The minimum atomic E-state index is -4.13. The van der Waals surface area contributed by atoms with E-state index in [0.29, 0.717) is 28.2 Å². The summed E-state index contributed by atoms with van der Waals surface area (Å²) >= 11 is 0. The van der Waals surface area contributed by atoms with Crippen molar-refractivity contribution in [3.05, 3.63) is 89.5 Å². The zero-order valence-electron chi connectivity index (χ0n) is 24.0. The van der Waals surface area contributed by atoms with Gasteiger partial charge in [-0.05, 0) is 67.7 Å². The van der Waals surface area contributed by atoms with E-state index >= 15 is 0 Å². The van der Waals surface area contributed by atoms with Crippen molar-refractivity contribution in [1.82, 2.24) is 0 Å². The highest BCUT2D eigenvalue weighted by Gasteiger charge is 2.41. The van der Waals surface area contributed by atoms with Crippen molar-refractivity contribution >= 4 is 24.0 Å². The second-order valence-corrected chi connectivity index (χ2v) is 17.5. The zero-order valence-corrected chi connectivity index (χ0v) is 25.8. The van der Waals surface area contributed by atoms with Crippen LogP contribution in [0.3, 0.4) is 0 Å². The molecular formula is C31H40O6SSi. The third-order valence-electron chi connectivity index (χ3n) is 7.13. The first-order valence-corrected chi connectivity index (χ1v) is 17.3. The van der Waals surface area contributed by atoms with Crippen LogP contribution in [0.4, 0.5) is 0 Å². The van der Waals surface area contributed by atoms with Crippen molar-refractivity contribution in [3.8, 4) is 17.2 Å². The van der Waals surface area contributed by atoms with Crippen LogP contribution in [0.1, 0.15) is 49.4 Å². The predicted molar refractivity (Wildman–Crippen MR) is 160 cm³/mol. The predicted octanol–water partition coefficient (Wildman–Crippen LogP) is 7.43. The second kappa shape index (κ2) is 12.0. The van der Waals surface area contributed by atoms with Crippen LogP contribution in [0.5, 0.6) is 17.2 Å². The van der Waals surface area contributed by atoms with Gasteiger partial charge in [0.1, 0.15) is 17.3 Å². The van der Waals surface area contributed by atoms with E-state index in [-0.39, 0.29) is 35.3 Å². The van der Waals surface area contributed by atoms with Crippen LogP contribution in [0.15, 0.2) is 72.1 Å². The number of hydrogen-bond acceptors (Lipinski definition) is 6. The average molecular weight is 569 g/mol. The maximum atomic E-state index is 13.3. The molecule has 0 aliphatic rings. The lowest BCUT2D eigenvalue weighted by atomic mass is 10.00. The van der Waals surface area contributed by atoms with Crippen LogP contribution in [0.2, 0.25) is 18.1 Å². The molecule has 0 saturated carbocycles. The molecule has 39 heavy (non-hydrogen) atoms. The Bertz CT molecular complexity index is 1410. The summed E-state index contributed by atoms with van der Waals surface area (Å²) in [5.74, 6) is 1.01. The van der Waals surface area contributed by atoms with E-state index in [2.05, 4.69) is 40.4 Å². The molecule has 0 unspecified atom stereocenters. The maximum absolute atomic E-state index is 13.3. The lowest BCUT2D eigenvalue weighted by molar-refractivity contribution is 0.290. The molecule has 6 nitrogen and oxygen atoms in total. The topological polar surface area (TPSA) is 82.1 Å². The average Bonchev–Trinajstić information content (AvgIpc) is 2.85. The molecule has 3 rings (SSSR count). The van der Waals surface area contributed by atoms with Crippen LogP contribution in [0, 0.1) is 13.8 Å². The smallest absolute Gasteiger partial charge is 0.339 e. The number of hydrogen-bond donors (Lipinski definition) is 1. The lowest BCUT2D eigenvalue weighted by Crippen LogP contribution is -2.44. The highest BCUT2D eigenvalue weighted by molar-refractivity contribution is 7.87. The van der Waals surface area contributed by atoms with Crippen molar-refractivity contribution in [2.75, 3.05) is 6.61 Å². The Hall–Kier alpha value is -3.07. The molecular weight excluding hydrogens is 528 g/mol. The summed E-state index contributed by atoms with van der Waals surface area (Å²) in [5.41, 5.74) is 3.53. The fourth-order valence-corrected chi connectivity index (χ4v) is 5.61. The summed E-state index contributed by atoms with van der Waals surface area (Å²) < 4.78 is 45.4. The number of aliphatic hydroxyl groups excluding tert-OH is 1. The van der Waals surface area contributed by atoms with Crippen LogP contribution in [-0.2, 0) is 16.7 Å². The van der Waals surface area contributed by atoms with Crippen molar-refractivity contribution in [1.29, 1.82) is 0 Å². The summed E-state index contributed by atoms with van der Waals surface area (Å²) in [7, 11) is -6.50. The SMILES string of the molecule is C=C(CCO)c1cc(OS(=O)(=O)c2ccc(C)cc2)c(C)c(OCc2ccccc2)c1O[Si](C)(C)C(C)(C)C. The Kier molecular flexibility index (Phi) is 9.36. The Labute approximate surface area is 234 Å². The molecule has 0 fully saturated rings. The fourth-order valence-electron chi connectivity index (χ4n) is 3.61. The van der Waals surface area contributed by atoms with E-state index < -0.39 is 18.4 Å². The van der Waals surface area contributed by atoms with Crippen molar-refractivity contribution in [2.45, 2.75) is 70.7 Å². The van der Waals surface area contributed by atoms with Gasteiger partial charge in [0.25, 0.3) is 8.32 Å². The van der Waals surface area contributed by atoms with Gasteiger partial charge in [0.15, 0.2) is 11.5 Å². The Morgan fingerprint density at radius 1 is 0.974 bits per heavy atom.